The highest BCUT2D eigenvalue weighted by atomic mass is 35.5. The van der Waals surface area contributed by atoms with Crippen LogP contribution in [0.15, 0.2) is 71.8 Å². The van der Waals surface area contributed by atoms with Gasteiger partial charge in [0.1, 0.15) is 0 Å². The molecule has 0 aliphatic rings. The van der Waals surface area contributed by atoms with E-state index in [2.05, 4.69) is 5.10 Å². The first-order valence-electron chi connectivity index (χ1n) is 8.79. The standard InChI is InChI=1S/C21H15ClF3N3O/c22-8-10-28-19-6-5-18(11-16(19)13-26-28)27-9-7-15(12-20(27)29)14-1-3-17(4-2-14)21(23,24)25/h1-7,9,11-13H,8,10H2. The zero-order chi connectivity index (χ0) is 20.6. The summed E-state index contributed by atoms with van der Waals surface area (Å²) in [4.78, 5) is 12.6. The maximum Gasteiger partial charge on any atom is 0.416 e. The molecular formula is C21H15ClF3N3O. The highest BCUT2D eigenvalue weighted by Gasteiger charge is 2.29. The second-order valence-electron chi connectivity index (χ2n) is 6.50. The van der Waals surface area contributed by atoms with E-state index in [1.165, 1.54) is 22.8 Å². The van der Waals surface area contributed by atoms with Crippen LogP contribution < -0.4 is 5.56 Å². The third-order valence-electron chi connectivity index (χ3n) is 4.67. The fourth-order valence-corrected chi connectivity index (χ4v) is 3.37. The number of aryl methyl sites for hydroxylation is 1. The fourth-order valence-electron chi connectivity index (χ4n) is 3.21. The van der Waals surface area contributed by atoms with Crippen molar-refractivity contribution in [2.75, 3.05) is 5.88 Å². The molecular weight excluding hydrogens is 403 g/mol. The second-order valence-corrected chi connectivity index (χ2v) is 6.88. The van der Waals surface area contributed by atoms with Gasteiger partial charge in [0.2, 0.25) is 0 Å². The molecule has 0 aliphatic heterocycles. The Hall–Kier alpha value is -3.06. The van der Waals surface area contributed by atoms with E-state index in [0.29, 0.717) is 29.2 Å². The average molecular weight is 418 g/mol. The Balaban J connectivity index is 1.67. The molecule has 0 saturated heterocycles. The molecule has 0 fully saturated rings. The zero-order valence-corrected chi connectivity index (χ0v) is 15.8. The summed E-state index contributed by atoms with van der Waals surface area (Å²) in [7, 11) is 0. The lowest BCUT2D eigenvalue weighted by Crippen LogP contribution is -2.16. The normalized spacial score (nSPS) is 11.9. The van der Waals surface area contributed by atoms with Crippen LogP contribution in [-0.2, 0) is 12.7 Å². The minimum Gasteiger partial charge on any atom is -0.284 e. The Labute approximate surface area is 168 Å². The van der Waals surface area contributed by atoms with Crippen molar-refractivity contribution in [2.45, 2.75) is 12.7 Å². The molecule has 0 atom stereocenters. The van der Waals surface area contributed by atoms with Gasteiger partial charge in [-0.05, 0) is 47.5 Å². The van der Waals surface area contributed by atoms with Crippen molar-refractivity contribution in [3.63, 3.8) is 0 Å². The molecule has 0 radical (unpaired) electrons. The van der Waals surface area contributed by atoms with Crippen molar-refractivity contribution in [1.29, 1.82) is 0 Å². The third kappa shape index (κ3) is 3.78. The number of aromatic nitrogens is 3. The van der Waals surface area contributed by atoms with Gasteiger partial charge in [-0.1, -0.05) is 12.1 Å². The van der Waals surface area contributed by atoms with Gasteiger partial charge in [0.05, 0.1) is 23.8 Å². The lowest BCUT2D eigenvalue weighted by Gasteiger charge is -2.10. The fraction of sp³-hybridized carbons (Fsp3) is 0.143. The lowest BCUT2D eigenvalue weighted by molar-refractivity contribution is -0.137. The van der Waals surface area contributed by atoms with Gasteiger partial charge in [-0.15, -0.1) is 11.6 Å². The van der Waals surface area contributed by atoms with Crippen molar-refractivity contribution in [2.24, 2.45) is 0 Å². The lowest BCUT2D eigenvalue weighted by atomic mass is 10.0. The van der Waals surface area contributed by atoms with E-state index in [1.54, 1.807) is 23.1 Å². The molecule has 4 rings (SSSR count). The number of pyridine rings is 1. The minimum atomic E-state index is -4.39. The van der Waals surface area contributed by atoms with Crippen molar-refractivity contribution in [1.82, 2.24) is 14.3 Å². The molecule has 0 saturated carbocycles. The number of rotatable bonds is 4. The summed E-state index contributed by atoms with van der Waals surface area (Å²) in [6.07, 6.45) is -1.06. The summed E-state index contributed by atoms with van der Waals surface area (Å²) in [5.74, 6) is 0.448. The number of hydrogen-bond donors (Lipinski definition) is 0. The molecule has 2 heterocycles. The number of benzene rings is 2. The monoisotopic (exact) mass is 417 g/mol. The molecule has 0 bridgehead atoms. The Morgan fingerprint density at radius 2 is 1.72 bits per heavy atom. The topological polar surface area (TPSA) is 39.8 Å². The Kier molecular flexibility index (Phi) is 4.92. The van der Waals surface area contributed by atoms with Crippen LogP contribution in [0.3, 0.4) is 0 Å². The van der Waals surface area contributed by atoms with E-state index in [4.69, 9.17) is 11.6 Å². The minimum absolute atomic E-state index is 0.283. The molecule has 4 aromatic rings. The number of nitrogens with zero attached hydrogens (tertiary/aromatic N) is 3. The summed E-state index contributed by atoms with van der Waals surface area (Å²) in [5, 5.41) is 5.17. The van der Waals surface area contributed by atoms with E-state index in [1.807, 2.05) is 18.2 Å². The van der Waals surface area contributed by atoms with Crippen LogP contribution in [0.25, 0.3) is 27.7 Å². The maximum absolute atomic E-state index is 12.7. The summed E-state index contributed by atoms with van der Waals surface area (Å²) < 4.78 is 41.4. The van der Waals surface area contributed by atoms with Crippen LogP contribution in [0.5, 0.6) is 0 Å². The first-order chi connectivity index (χ1) is 13.9. The summed E-state index contributed by atoms with van der Waals surface area (Å²) >= 11 is 5.78. The molecule has 0 amide bonds. The number of halogens is 4. The molecule has 0 unspecified atom stereocenters. The largest absolute Gasteiger partial charge is 0.416 e. The Morgan fingerprint density at radius 1 is 0.966 bits per heavy atom. The van der Waals surface area contributed by atoms with Crippen molar-refractivity contribution < 1.29 is 13.2 Å². The predicted molar refractivity (Wildman–Crippen MR) is 106 cm³/mol. The van der Waals surface area contributed by atoms with Gasteiger partial charge in [-0.25, -0.2) is 0 Å². The first kappa shape index (κ1) is 19.3. The van der Waals surface area contributed by atoms with Gasteiger partial charge in [-0.3, -0.25) is 14.0 Å². The van der Waals surface area contributed by atoms with Crippen molar-refractivity contribution in [3.8, 4) is 16.8 Å². The molecule has 2 aromatic heterocycles. The summed E-state index contributed by atoms with van der Waals surface area (Å²) in [5.41, 5.74) is 1.68. The van der Waals surface area contributed by atoms with Crippen LogP contribution >= 0.6 is 11.6 Å². The SMILES string of the molecule is O=c1cc(-c2ccc(C(F)(F)F)cc2)ccn1-c1ccc2c(cnn2CCCl)c1. The molecule has 4 nitrogen and oxygen atoms in total. The van der Waals surface area contributed by atoms with Gasteiger partial charge in [-0.2, -0.15) is 18.3 Å². The molecule has 148 valence electrons. The molecule has 0 aliphatic carbocycles. The van der Waals surface area contributed by atoms with Crippen molar-refractivity contribution in [3.05, 3.63) is 82.9 Å². The number of alkyl halides is 4. The van der Waals surface area contributed by atoms with E-state index in [0.717, 1.165) is 23.0 Å². The zero-order valence-electron chi connectivity index (χ0n) is 15.0. The van der Waals surface area contributed by atoms with Crippen LogP contribution in [0.1, 0.15) is 5.56 Å². The first-order valence-corrected chi connectivity index (χ1v) is 9.32. The predicted octanol–water partition coefficient (Wildman–Crippen LogP) is 5.11. The molecule has 0 spiro atoms. The van der Waals surface area contributed by atoms with Gasteiger partial charge < -0.3 is 0 Å². The van der Waals surface area contributed by atoms with Gasteiger partial charge >= 0.3 is 6.18 Å². The second kappa shape index (κ2) is 7.40. The molecule has 29 heavy (non-hydrogen) atoms. The quantitative estimate of drug-likeness (QED) is 0.433. The Morgan fingerprint density at radius 3 is 2.38 bits per heavy atom. The number of fused-ring (bicyclic) bond motifs is 1. The van der Waals surface area contributed by atoms with E-state index in [9.17, 15) is 18.0 Å². The average Bonchev–Trinajstić information content (AvgIpc) is 3.10. The van der Waals surface area contributed by atoms with Gasteiger partial charge in [0.15, 0.2) is 0 Å². The molecule has 2 aromatic carbocycles. The molecule has 0 N–H and O–H groups in total. The van der Waals surface area contributed by atoms with E-state index < -0.39 is 11.7 Å². The maximum atomic E-state index is 12.7. The van der Waals surface area contributed by atoms with E-state index in [-0.39, 0.29) is 5.56 Å². The summed E-state index contributed by atoms with van der Waals surface area (Å²) in [6.45, 7) is 0.589. The van der Waals surface area contributed by atoms with Gasteiger partial charge in [0, 0.05) is 29.2 Å². The van der Waals surface area contributed by atoms with Crippen LogP contribution in [0.2, 0.25) is 0 Å². The van der Waals surface area contributed by atoms with Crippen LogP contribution in [0.4, 0.5) is 13.2 Å². The third-order valence-corrected chi connectivity index (χ3v) is 4.83. The van der Waals surface area contributed by atoms with Crippen LogP contribution in [0, 0.1) is 0 Å². The van der Waals surface area contributed by atoms with Crippen molar-refractivity contribution >= 4 is 22.5 Å². The Bertz CT molecular complexity index is 1230. The van der Waals surface area contributed by atoms with E-state index >= 15 is 0 Å². The highest BCUT2D eigenvalue weighted by molar-refractivity contribution is 6.17. The molecule has 8 heteroatoms. The smallest absolute Gasteiger partial charge is 0.284 e. The highest BCUT2D eigenvalue weighted by Crippen LogP contribution is 2.30. The van der Waals surface area contributed by atoms with Crippen LogP contribution in [-0.4, -0.2) is 20.2 Å². The number of hydrogen-bond acceptors (Lipinski definition) is 2. The van der Waals surface area contributed by atoms with Gasteiger partial charge in [0.25, 0.3) is 5.56 Å². The summed E-state index contributed by atoms with van der Waals surface area (Å²) in [6, 6.07) is 13.4.